The molecule has 0 aromatic heterocycles. The highest BCUT2D eigenvalue weighted by atomic mass is 79.9. The molecule has 1 unspecified atom stereocenters. The smallest absolute Gasteiger partial charge is 0.310 e. The summed E-state index contributed by atoms with van der Waals surface area (Å²) in [7, 11) is 1.36. The standard InChI is InChI=1S/C13H13BrClNO3/c1-19-13(18)8-2-3-16(7-8)12(17)9-4-10(14)6-11(15)5-9/h4-6,8H,2-3,7H2,1H3. The van der Waals surface area contributed by atoms with Crippen LogP contribution in [0.1, 0.15) is 16.8 Å². The molecule has 1 atom stereocenters. The van der Waals surface area contributed by atoms with E-state index in [-0.39, 0.29) is 17.8 Å². The second kappa shape index (κ2) is 5.92. The fraction of sp³-hybridized carbons (Fsp3) is 0.385. The third-order valence-electron chi connectivity index (χ3n) is 3.12. The molecule has 1 aliphatic heterocycles. The number of benzene rings is 1. The Morgan fingerprint density at radius 3 is 2.79 bits per heavy atom. The van der Waals surface area contributed by atoms with E-state index in [0.29, 0.717) is 30.1 Å². The van der Waals surface area contributed by atoms with E-state index in [1.807, 2.05) is 0 Å². The number of ether oxygens (including phenoxy) is 1. The number of halogens is 2. The van der Waals surface area contributed by atoms with Gasteiger partial charge in [-0.25, -0.2) is 0 Å². The van der Waals surface area contributed by atoms with Crippen LogP contribution in [0.3, 0.4) is 0 Å². The SMILES string of the molecule is COC(=O)C1CCN(C(=O)c2cc(Cl)cc(Br)c2)C1. The molecule has 0 radical (unpaired) electrons. The lowest BCUT2D eigenvalue weighted by Gasteiger charge is -2.16. The minimum atomic E-state index is -0.262. The largest absolute Gasteiger partial charge is 0.469 e. The van der Waals surface area contributed by atoms with Crippen molar-refractivity contribution in [2.45, 2.75) is 6.42 Å². The zero-order valence-corrected chi connectivity index (χ0v) is 12.7. The number of carbonyl (C=O) groups excluding carboxylic acids is 2. The van der Waals surface area contributed by atoms with Gasteiger partial charge in [0.25, 0.3) is 5.91 Å². The van der Waals surface area contributed by atoms with Crippen molar-refractivity contribution in [3.05, 3.63) is 33.3 Å². The molecule has 1 fully saturated rings. The molecule has 1 amide bonds. The van der Waals surface area contributed by atoms with E-state index in [1.165, 1.54) is 7.11 Å². The Bertz CT molecular complexity index is 500. The first kappa shape index (κ1) is 14.3. The van der Waals surface area contributed by atoms with Gasteiger partial charge >= 0.3 is 5.97 Å². The zero-order chi connectivity index (χ0) is 14.0. The summed E-state index contributed by atoms with van der Waals surface area (Å²) in [5, 5.41) is 0.501. The van der Waals surface area contributed by atoms with Crippen molar-refractivity contribution in [3.8, 4) is 0 Å². The topological polar surface area (TPSA) is 46.6 Å². The molecule has 0 N–H and O–H groups in total. The van der Waals surface area contributed by atoms with Crippen molar-refractivity contribution < 1.29 is 14.3 Å². The van der Waals surface area contributed by atoms with Crippen molar-refractivity contribution in [2.75, 3.05) is 20.2 Å². The molecule has 1 aliphatic rings. The van der Waals surface area contributed by atoms with E-state index in [0.717, 1.165) is 4.47 Å². The number of esters is 1. The fourth-order valence-electron chi connectivity index (χ4n) is 2.16. The number of likely N-dealkylation sites (tertiary alicyclic amines) is 1. The molecule has 1 saturated heterocycles. The Labute approximate surface area is 124 Å². The molecule has 1 aromatic carbocycles. The fourth-order valence-corrected chi connectivity index (χ4v) is 3.02. The van der Waals surface area contributed by atoms with Gasteiger partial charge in [-0.05, 0) is 24.6 Å². The average Bonchev–Trinajstić information content (AvgIpc) is 2.85. The molecular weight excluding hydrogens is 334 g/mol. The van der Waals surface area contributed by atoms with Crippen LogP contribution in [0, 0.1) is 5.92 Å². The van der Waals surface area contributed by atoms with Crippen LogP contribution in [0.25, 0.3) is 0 Å². The van der Waals surface area contributed by atoms with Crippen LogP contribution in [-0.2, 0) is 9.53 Å². The van der Waals surface area contributed by atoms with Crippen LogP contribution in [0.5, 0.6) is 0 Å². The van der Waals surface area contributed by atoms with E-state index in [9.17, 15) is 9.59 Å². The van der Waals surface area contributed by atoms with Crippen LogP contribution in [0.2, 0.25) is 5.02 Å². The molecule has 1 heterocycles. The predicted octanol–water partition coefficient (Wildman–Crippen LogP) is 2.74. The van der Waals surface area contributed by atoms with Gasteiger partial charge < -0.3 is 9.64 Å². The zero-order valence-electron chi connectivity index (χ0n) is 10.4. The summed E-state index contributed by atoms with van der Waals surface area (Å²) < 4.78 is 5.46. The minimum absolute atomic E-state index is 0.116. The Morgan fingerprint density at radius 1 is 1.42 bits per heavy atom. The summed E-state index contributed by atoms with van der Waals surface area (Å²) in [5.74, 6) is -0.603. The molecule has 0 aliphatic carbocycles. The van der Waals surface area contributed by atoms with Gasteiger partial charge in [-0.1, -0.05) is 27.5 Å². The highest BCUT2D eigenvalue weighted by Gasteiger charge is 2.32. The first-order valence-corrected chi connectivity index (χ1v) is 7.01. The number of hydrogen-bond acceptors (Lipinski definition) is 3. The van der Waals surface area contributed by atoms with Gasteiger partial charge in [0.15, 0.2) is 0 Å². The molecule has 6 heteroatoms. The number of hydrogen-bond donors (Lipinski definition) is 0. The monoisotopic (exact) mass is 345 g/mol. The second-order valence-electron chi connectivity index (χ2n) is 4.42. The predicted molar refractivity (Wildman–Crippen MR) is 75.2 cm³/mol. The molecule has 19 heavy (non-hydrogen) atoms. The number of carbonyl (C=O) groups is 2. The molecule has 2 rings (SSSR count). The molecule has 4 nitrogen and oxygen atoms in total. The summed E-state index contributed by atoms with van der Waals surface area (Å²) in [6.45, 7) is 0.957. The normalized spacial score (nSPS) is 18.5. The van der Waals surface area contributed by atoms with Crippen LogP contribution in [0.15, 0.2) is 22.7 Å². The van der Waals surface area contributed by atoms with E-state index >= 15 is 0 Å². The highest BCUT2D eigenvalue weighted by Crippen LogP contribution is 2.24. The van der Waals surface area contributed by atoms with Gasteiger partial charge in [0.05, 0.1) is 13.0 Å². The first-order chi connectivity index (χ1) is 9.01. The highest BCUT2D eigenvalue weighted by molar-refractivity contribution is 9.10. The van der Waals surface area contributed by atoms with Crippen LogP contribution >= 0.6 is 27.5 Å². The molecular formula is C13H13BrClNO3. The van der Waals surface area contributed by atoms with Crippen LogP contribution in [0.4, 0.5) is 0 Å². The van der Waals surface area contributed by atoms with Crippen molar-refractivity contribution in [3.63, 3.8) is 0 Å². The lowest BCUT2D eigenvalue weighted by atomic mass is 10.1. The van der Waals surface area contributed by atoms with Crippen molar-refractivity contribution in [1.82, 2.24) is 4.90 Å². The molecule has 102 valence electrons. The Balaban J connectivity index is 2.11. The quantitative estimate of drug-likeness (QED) is 0.774. The maximum Gasteiger partial charge on any atom is 0.310 e. The van der Waals surface area contributed by atoms with Crippen molar-refractivity contribution in [2.24, 2.45) is 5.92 Å². The number of amides is 1. The summed E-state index contributed by atoms with van der Waals surface area (Å²) in [5.41, 5.74) is 0.518. The third kappa shape index (κ3) is 3.28. The summed E-state index contributed by atoms with van der Waals surface area (Å²) in [6, 6.07) is 5.07. The number of nitrogens with zero attached hydrogens (tertiary/aromatic N) is 1. The van der Waals surface area contributed by atoms with Crippen LogP contribution in [-0.4, -0.2) is 37.0 Å². The summed E-state index contributed by atoms with van der Waals surface area (Å²) in [4.78, 5) is 25.4. The molecule has 0 bridgehead atoms. The van der Waals surface area contributed by atoms with E-state index in [1.54, 1.807) is 23.1 Å². The summed E-state index contributed by atoms with van der Waals surface area (Å²) >= 11 is 9.23. The van der Waals surface area contributed by atoms with Gasteiger partial charge in [-0.3, -0.25) is 9.59 Å². The van der Waals surface area contributed by atoms with E-state index < -0.39 is 0 Å². The van der Waals surface area contributed by atoms with Gasteiger partial charge in [-0.15, -0.1) is 0 Å². The number of rotatable bonds is 2. The molecule has 1 aromatic rings. The van der Waals surface area contributed by atoms with Crippen molar-refractivity contribution >= 4 is 39.4 Å². The lowest BCUT2D eigenvalue weighted by molar-refractivity contribution is -0.144. The molecule has 0 saturated carbocycles. The van der Waals surface area contributed by atoms with Gasteiger partial charge in [0.1, 0.15) is 0 Å². The number of methoxy groups -OCH3 is 1. The van der Waals surface area contributed by atoms with Gasteiger partial charge in [-0.2, -0.15) is 0 Å². The summed E-state index contributed by atoms with van der Waals surface area (Å²) in [6.07, 6.45) is 0.639. The second-order valence-corrected chi connectivity index (χ2v) is 5.77. The lowest BCUT2D eigenvalue weighted by Crippen LogP contribution is -2.30. The first-order valence-electron chi connectivity index (χ1n) is 5.84. The van der Waals surface area contributed by atoms with E-state index in [4.69, 9.17) is 16.3 Å². The maximum absolute atomic E-state index is 12.3. The van der Waals surface area contributed by atoms with Gasteiger partial charge in [0, 0.05) is 28.1 Å². The third-order valence-corrected chi connectivity index (χ3v) is 3.80. The average molecular weight is 347 g/mol. The van der Waals surface area contributed by atoms with Crippen LogP contribution < -0.4 is 0 Å². The Kier molecular flexibility index (Phi) is 4.47. The minimum Gasteiger partial charge on any atom is -0.469 e. The maximum atomic E-state index is 12.3. The van der Waals surface area contributed by atoms with Crippen molar-refractivity contribution in [1.29, 1.82) is 0 Å². The van der Waals surface area contributed by atoms with Gasteiger partial charge in [0.2, 0.25) is 0 Å². The molecule has 0 spiro atoms. The van der Waals surface area contributed by atoms with E-state index in [2.05, 4.69) is 15.9 Å². The Morgan fingerprint density at radius 2 is 2.16 bits per heavy atom. The Hall–Kier alpha value is -1.07.